The Hall–Kier alpha value is -2.63. The monoisotopic (exact) mass is 327 g/mol. The predicted molar refractivity (Wildman–Crippen MR) is 72.3 cm³/mol. The molecule has 0 spiro atoms. The van der Waals surface area contributed by atoms with Gasteiger partial charge in [-0.05, 0) is 18.4 Å². The minimum atomic E-state index is -4.93. The van der Waals surface area contributed by atoms with Gasteiger partial charge in [0.25, 0.3) is 5.69 Å². The molecule has 1 heterocycles. The van der Waals surface area contributed by atoms with Crippen LogP contribution >= 0.6 is 0 Å². The summed E-state index contributed by atoms with van der Waals surface area (Å²) in [5.74, 6) is -1.91. The summed E-state index contributed by atoms with van der Waals surface area (Å²) < 4.78 is 37.3. The van der Waals surface area contributed by atoms with Gasteiger partial charge in [0.2, 0.25) is 0 Å². The maximum atomic E-state index is 12.4. The molecule has 1 aliphatic rings. The zero-order valence-corrected chi connectivity index (χ0v) is 11.8. The Bertz CT molecular complexity index is 657. The molecule has 23 heavy (non-hydrogen) atoms. The average Bonchev–Trinajstić information content (AvgIpc) is 2.53. The predicted octanol–water partition coefficient (Wildman–Crippen LogP) is 2.54. The van der Waals surface area contributed by atoms with Crippen LogP contribution in [-0.4, -0.2) is 35.0 Å². The smallest absolute Gasteiger partial charge is 0.335 e. The second-order valence-corrected chi connectivity index (χ2v) is 5.29. The fourth-order valence-electron chi connectivity index (χ4n) is 2.64. The van der Waals surface area contributed by atoms with Gasteiger partial charge in [0, 0.05) is 25.2 Å². The topological polar surface area (TPSA) is 87.2 Å². The third kappa shape index (κ3) is 3.26. The fourth-order valence-corrected chi connectivity index (χ4v) is 2.64. The largest absolute Gasteiger partial charge is 0.471 e. The molecule has 1 fully saturated rings. The number of likely N-dealkylation sites (tertiary alicyclic amines) is 1. The Morgan fingerprint density at radius 2 is 1.78 bits per heavy atom. The number of benzene rings is 1. The Labute approximate surface area is 129 Å². The highest BCUT2D eigenvalue weighted by Crippen LogP contribution is 2.36. The molecule has 0 bridgehead atoms. The first-order chi connectivity index (χ1) is 10.7. The van der Waals surface area contributed by atoms with E-state index in [1.807, 2.05) is 0 Å². The van der Waals surface area contributed by atoms with Crippen LogP contribution in [0.4, 0.5) is 18.9 Å². The summed E-state index contributed by atoms with van der Waals surface area (Å²) in [4.78, 5) is 22.0. The third-order valence-electron chi connectivity index (χ3n) is 3.99. The molecule has 0 N–H and O–H groups in total. The molecule has 1 aromatic carbocycles. The summed E-state index contributed by atoms with van der Waals surface area (Å²) in [6, 6.07) is 7.46. The van der Waals surface area contributed by atoms with Crippen LogP contribution in [0.15, 0.2) is 24.3 Å². The van der Waals surface area contributed by atoms with Gasteiger partial charge >= 0.3 is 12.1 Å². The highest BCUT2D eigenvalue weighted by Gasteiger charge is 2.46. The second kappa shape index (κ2) is 5.87. The summed E-state index contributed by atoms with van der Waals surface area (Å²) in [6.07, 6.45) is -4.84. The number of nitro benzene ring substituents is 1. The lowest BCUT2D eigenvalue weighted by Crippen LogP contribution is -2.49. The number of carbonyl (C=O) groups excluding carboxylic acids is 1. The zero-order valence-electron chi connectivity index (χ0n) is 11.8. The van der Waals surface area contributed by atoms with E-state index in [1.165, 1.54) is 24.3 Å². The van der Waals surface area contributed by atoms with Crippen molar-refractivity contribution in [3.05, 3.63) is 39.9 Å². The number of piperidine rings is 1. The van der Waals surface area contributed by atoms with Crippen molar-refractivity contribution in [2.24, 2.45) is 0 Å². The molecule has 0 aromatic heterocycles. The number of nitriles is 1. The van der Waals surface area contributed by atoms with E-state index in [1.54, 1.807) is 0 Å². The van der Waals surface area contributed by atoms with Gasteiger partial charge in [0.05, 0.1) is 16.4 Å². The normalized spacial score (nSPS) is 17.4. The molecule has 1 aliphatic heterocycles. The second-order valence-electron chi connectivity index (χ2n) is 5.29. The number of nitro groups is 1. The van der Waals surface area contributed by atoms with Gasteiger partial charge in [-0.3, -0.25) is 14.9 Å². The number of halogens is 3. The van der Waals surface area contributed by atoms with E-state index < -0.39 is 22.4 Å². The van der Waals surface area contributed by atoms with E-state index in [4.69, 9.17) is 0 Å². The van der Waals surface area contributed by atoms with Crippen LogP contribution in [0.3, 0.4) is 0 Å². The third-order valence-corrected chi connectivity index (χ3v) is 3.99. The van der Waals surface area contributed by atoms with E-state index in [0.717, 1.165) is 0 Å². The number of hydrogen-bond acceptors (Lipinski definition) is 4. The van der Waals surface area contributed by atoms with Crippen LogP contribution in [-0.2, 0) is 10.2 Å². The summed E-state index contributed by atoms with van der Waals surface area (Å²) in [5, 5.41) is 20.1. The Kier molecular flexibility index (Phi) is 4.27. The molecule has 0 aliphatic carbocycles. The van der Waals surface area contributed by atoms with Gasteiger partial charge in [-0.25, -0.2) is 0 Å². The molecule has 2 rings (SSSR count). The number of carbonyl (C=O) groups is 1. The van der Waals surface area contributed by atoms with Gasteiger partial charge in [0.15, 0.2) is 0 Å². The molecular weight excluding hydrogens is 315 g/mol. The number of rotatable bonds is 2. The number of amides is 1. The van der Waals surface area contributed by atoms with E-state index in [0.29, 0.717) is 10.5 Å². The number of non-ortho nitro benzene ring substituents is 1. The maximum Gasteiger partial charge on any atom is 0.471 e. The van der Waals surface area contributed by atoms with Gasteiger partial charge < -0.3 is 4.90 Å². The van der Waals surface area contributed by atoms with Crippen molar-refractivity contribution >= 4 is 11.6 Å². The zero-order chi connectivity index (χ0) is 17.3. The van der Waals surface area contributed by atoms with Crippen molar-refractivity contribution in [3.63, 3.8) is 0 Å². The molecule has 1 aromatic rings. The molecule has 0 radical (unpaired) electrons. The highest BCUT2D eigenvalue weighted by molar-refractivity contribution is 5.82. The lowest BCUT2D eigenvalue weighted by molar-refractivity contribution is -0.384. The minimum absolute atomic E-state index is 0.0448. The Balaban J connectivity index is 2.17. The lowest BCUT2D eigenvalue weighted by Gasteiger charge is -2.37. The average molecular weight is 327 g/mol. The van der Waals surface area contributed by atoms with Crippen molar-refractivity contribution in [2.45, 2.75) is 24.4 Å². The van der Waals surface area contributed by atoms with Crippen LogP contribution in [0.5, 0.6) is 0 Å². The van der Waals surface area contributed by atoms with Crippen LogP contribution in [0.1, 0.15) is 18.4 Å². The van der Waals surface area contributed by atoms with Crippen molar-refractivity contribution in [1.82, 2.24) is 4.90 Å². The van der Waals surface area contributed by atoms with Gasteiger partial charge in [-0.1, -0.05) is 12.1 Å². The molecule has 1 saturated heterocycles. The Morgan fingerprint density at radius 1 is 1.26 bits per heavy atom. The number of alkyl halides is 3. The molecule has 1 amide bonds. The van der Waals surface area contributed by atoms with Crippen molar-refractivity contribution < 1.29 is 22.9 Å². The highest BCUT2D eigenvalue weighted by atomic mass is 19.4. The standard InChI is InChI=1S/C14H12F3N3O3/c15-14(16,17)12(21)19-7-5-13(9-18,6-8-19)10-1-3-11(4-2-10)20(22)23/h1-4H,5-8H2. The van der Waals surface area contributed by atoms with Gasteiger partial charge in [-0.2, -0.15) is 18.4 Å². The SMILES string of the molecule is N#CC1(c2ccc([N+](=O)[O-])cc2)CCN(C(=O)C(F)(F)F)CC1. The van der Waals surface area contributed by atoms with Gasteiger partial charge in [0.1, 0.15) is 0 Å². The first kappa shape index (κ1) is 16.7. The van der Waals surface area contributed by atoms with E-state index >= 15 is 0 Å². The van der Waals surface area contributed by atoms with Crippen molar-refractivity contribution in [1.29, 1.82) is 5.26 Å². The fraction of sp³-hybridized carbons (Fsp3) is 0.429. The molecule has 122 valence electrons. The van der Waals surface area contributed by atoms with Crippen LogP contribution in [0, 0.1) is 21.4 Å². The van der Waals surface area contributed by atoms with E-state index in [2.05, 4.69) is 6.07 Å². The van der Waals surface area contributed by atoms with Crippen molar-refractivity contribution in [3.8, 4) is 6.07 Å². The molecular formula is C14H12F3N3O3. The maximum absolute atomic E-state index is 12.4. The minimum Gasteiger partial charge on any atom is -0.335 e. The van der Waals surface area contributed by atoms with Crippen molar-refractivity contribution in [2.75, 3.05) is 13.1 Å². The number of nitrogens with zero attached hydrogens (tertiary/aromatic N) is 3. The molecule has 9 heteroatoms. The number of hydrogen-bond donors (Lipinski definition) is 0. The van der Waals surface area contributed by atoms with Gasteiger partial charge in [-0.15, -0.1) is 0 Å². The molecule has 0 saturated carbocycles. The van der Waals surface area contributed by atoms with Crippen LogP contribution in [0.2, 0.25) is 0 Å². The molecule has 0 atom stereocenters. The van der Waals surface area contributed by atoms with Crippen LogP contribution in [0.25, 0.3) is 0 Å². The van der Waals surface area contributed by atoms with Crippen LogP contribution < -0.4 is 0 Å². The van der Waals surface area contributed by atoms with E-state index in [-0.39, 0.29) is 31.6 Å². The first-order valence-electron chi connectivity index (χ1n) is 6.72. The molecule has 0 unspecified atom stereocenters. The molecule has 6 nitrogen and oxygen atoms in total. The quantitative estimate of drug-likeness (QED) is 0.617. The van der Waals surface area contributed by atoms with E-state index in [9.17, 15) is 33.3 Å². The summed E-state index contributed by atoms with van der Waals surface area (Å²) in [6.45, 7) is -0.383. The summed E-state index contributed by atoms with van der Waals surface area (Å²) in [7, 11) is 0. The lowest BCUT2D eigenvalue weighted by atomic mass is 9.74. The summed E-state index contributed by atoms with van der Waals surface area (Å²) >= 11 is 0. The first-order valence-corrected chi connectivity index (χ1v) is 6.72. The summed E-state index contributed by atoms with van der Waals surface area (Å²) in [5.41, 5.74) is -0.673. The Morgan fingerprint density at radius 3 is 2.17 bits per heavy atom.